The average Bonchev–Trinajstić information content (AvgIpc) is 3.09. The summed E-state index contributed by atoms with van der Waals surface area (Å²) in [5.41, 5.74) is 1.01. The molecule has 2 aromatic rings. The fourth-order valence-corrected chi connectivity index (χ4v) is 3.22. The molecule has 0 atom stereocenters. The number of imide groups is 2. The van der Waals surface area contributed by atoms with Gasteiger partial charge in [-0.3, -0.25) is 24.1 Å². The molecule has 4 amide bonds. The highest BCUT2D eigenvalue weighted by molar-refractivity contribution is 6.21. The Hall–Kier alpha value is -3.81. The van der Waals surface area contributed by atoms with Crippen LogP contribution in [0.1, 0.15) is 54.3 Å². The van der Waals surface area contributed by atoms with Gasteiger partial charge in [0, 0.05) is 13.0 Å². The first-order chi connectivity index (χ1) is 13.5. The molecule has 0 spiro atoms. The van der Waals surface area contributed by atoms with Crippen molar-refractivity contribution in [3.8, 4) is 0 Å². The zero-order valence-electron chi connectivity index (χ0n) is 14.6. The second-order valence-corrected chi connectivity index (χ2v) is 6.32. The van der Waals surface area contributed by atoms with Gasteiger partial charge in [-0.25, -0.2) is 4.79 Å². The van der Waals surface area contributed by atoms with Crippen LogP contribution in [-0.4, -0.2) is 46.1 Å². The van der Waals surface area contributed by atoms with E-state index in [-0.39, 0.29) is 30.5 Å². The minimum Gasteiger partial charge on any atom is -0.330 e. The van der Waals surface area contributed by atoms with E-state index in [0.717, 1.165) is 4.90 Å². The Bertz CT molecular complexity index is 974. The van der Waals surface area contributed by atoms with Gasteiger partial charge < -0.3 is 4.84 Å². The summed E-state index contributed by atoms with van der Waals surface area (Å²) in [5.74, 6) is -3.02. The van der Waals surface area contributed by atoms with Gasteiger partial charge in [-0.05, 0) is 30.7 Å². The van der Waals surface area contributed by atoms with Crippen LogP contribution in [0.5, 0.6) is 0 Å². The summed E-state index contributed by atoms with van der Waals surface area (Å²) in [4.78, 5) is 66.9. The first-order valence-electron chi connectivity index (χ1n) is 8.63. The lowest BCUT2D eigenvalue weighted by atomic mass is 10.1. The Kier molecular flexibility index (Phi) is 4.23. The first-order valence-corrected chi connectivity index (χ1v) is 8.63. The Labute approximate surface area is 159 Å². The molecule has 140 valence electrons. The predicted molar refractivity (Wildman–Crippen MR) is 94.1 cm³/mol. The SMILES string of the molecule is O=C(CCCN1C(=O)c2ccccc2C1=O)ON1C(=O)c2ccccc2C1=O. The lowest BCUT2D eigenvalue weighted by molar-refractivity contribution is -0.168. The largest absolute Gasteiger partial charge is 0.333 e. The maximum atomic E-state index is 12.3. The van der Waals surface area contributed by atoms with E-state index in [9.17, 15) is 24.0 Å². The zero-order valence-corrected chi connectivity index (χ0v) is 14.6. The third-order valence-corrected chi connectivity index (χ3v) is 4.59. The second-order valence-electron chi connectivity index (χ2n) is 6.32. The van der Waals surface area contributed by atoms with Gasteiger partial charge in [0.1, 0.15) is 0 Å². The number of amides is 4. The van der Waals surface area contributed by atoms with Gasteiger partial charge in [-0.1, -0.05) is 29.3 Å². The van der Waals surface area contributed by atoms with Crippen molar-refractivity contribution in [2.24, 2.45) is 0 Å². The molecule has 0 radical (unpaired) electrons. The van der Waals surface area contributed by atoms with E-state index in [1.165, 1.54) is 12.1 Å². The number of hydrogen-bond acceptors (Lipinski definition) is 6. The van der Waals surface area contributed by atoms with Gasteiger partial charge in [0.25, 0.3) is 23.6 Å². The van der Waals surface area contributed by atoms with Crippen LogP contribution in [-0.2, 0) is 9.63 Å². The van der Waals surface area contributed by atoms with Gasteiger partial charge in [-0.2, -0.15) is 0 Å². The number of hydroxylamine groups is 2. The first kappa shape index (κ1) is 17.6. The van der Waals surface area contributed by atoms with E-state index in [4.69, 9.17) is 4.84 Å². The van der Waals surface area contributed by atoms with Crippen LogP contribution >= 0.6 is 0 Å². The molecule has 0 saturated heterocycles. The third-order valence-electron chi connectivity index (χ3n) is 4.59. The number of rotatable bonds is 5. The van der Waals surface area contributed by atoms with Crippen LogP contribution in [0.4, 0.5) is 0 Å². The normalized spacial score (nSPS) is 15.1. The van der Waals surface area contributed by atoms with Crippen molar-refractivity contribution in [1.29, 1.82) is 0 Å². The molecule has 0 unspecified atom stereocenters. The van der Waals surface area contributed by atoms with Crippen LogP contribution in [0.3, 0.4) is 0 Å². The fourth-order valence-electron chi connectivity index (χ4n) is 3.22. The third kappa shape index (κ3) is 2.75. The van der Waals surface area contributed by atoms with Gasteiger partial charge in [0.15, 0.2) is 0 Å². The van der Waals surface area contributed by atoms with Gasteiger partial charge in [0.2, 0.25) is 0 Å². The molecule has 0 N–H and O–H groups in total. The summed E-state index contributed by atoms with van der Waals surface area (Å²) in [6.07, 6.45) is -0.0196. The Balaban J connectivity index is 1.33. The van der Waals surface area contributed by atoms with Crippen molar-refractivity contribution in [3.05, 3.63) is 70.8 Å². The molecule has 0 aromatic heterocycles. The summed E-state index contributed by atoms with van der Waals surface area (Å²) >= 11 is 0. The molecular weight excluding hydrogens is 364 g/mol. The predicted octanol–water partition coefficient (Wildman–Crippen LogP) is 1.82. The van der Waals surface area contributed by atoms with E-state index in [0.29, 0.717) is 16.2 Å². The van der Waals surface area contributed by atoms with Crippen molar-refractivity contribution in [3.63, 3.8) is 0 Å². The van der Waals surface area contributed by atoms with Crippen molar-refractivity contribution in [1.82, 2.24) is 9.96 Å². The van der Waals surface area contributed by atoms with E-state index in [2.05, 4.69) is 0 Å². The molecular formula is C20H14N2O6. The van der Waals surface area contributed by atoms with Gasteiger partial charge >= 0.3 is 5.97 Å². The zero-order chi connectivity index (χ0) is 19.8. The summed E-state index contributed by atoms with van der Waals surface area (Å²) in [7, 11) is 0. The number of carbonyl (C=O) groups excluding carboxylic acids is 5. The number of nitrogens with zero attached hydrogens (tertiary/aromatic N) is 2. The quantitative estimate of drug-likeness (QED) is 0.736. The molecule has 8 nitrogen and oxygen atoms in total. The van der Waals surface area contributed by atoms with Crippen molar-refractivity contribution in [2.45, 2.75) is 12.8 Å². The highest BCUT2D eigenvalue weighted by atomic mass is 16.7. The average molecular weight is 378 g/mol. The van der Waals surface area contributed by atoms with Crippen molar-refractivity contribution in [2.75, 3.05) is 6.54 Å². The van der Waals surface area contributed by atoms with E-state index in [1.807, 2.05) is 0 Å². The standard InChI is InChI=1S/C20H14N2O6/c23-16(28-22-19(26)14-8-3-4-9-15(14)20(22)27)10-5-11-21-17(24)12-6-1-2-7-13(12)18(21)25/h1-4,6-9H,5,10-11H2. The molecule has 0 aliphatic carbocycles. The summed E-state index contributed by atoms with van der Waals surface area (Å²) in [5, 5.41) is 0.439. The van der Waals surface area contributed by atoms with Crippen LogP contribution in [0.15, 0.2) is 48.5 Å². The molecule has 28 heavy (non-hydrogen) atoms. The fraction of sp³-hybridized carbons (Fsp3) is 0.150. The van der Waals surface area contributed by atoms with Gasteiger partial charge in [-0.15, -0.1) is 0 Å². The maximum absolute atomic E-state index is 12.3. The lowest BCUT2D eigenvalue weighted by Crippen LogP contribution is -2.34. The van der Waals surface area contributed by atoms with E-state index in [1.54, 1.807) is 36.4 Å². The summed E-state index contributed by atoms with van der Waals surface area (Å²) in [6.45, 7) is 0.0313. The van der Waals surface area contributed by atoms with Crippen LogP contribution < -0.4 is 0 Å². The minimum absolute atomic E-state index is 0.0313. The Morgan fingerprint density at radius 3 is 1.61 bits per heavy atom. The Morgan fingerprint density at radius 1 is 0.714 bits per heavy atom. The minimum atomic E-state index is -0.800. The summed E-state index contributed by atoms with van der Waals surface area (Å²) < 4.78 is 0. The molecule has 2 aliphatic rings. The number of hydrogen-bond donors (Lipinski definition) is 0. The molecule has 2 heterocycles. The van der Waals surface area contributed by atoms with Crippen molar-refractivity contribution < 1.29 is 28.8 Å². The smallest absolute Gasteiger partial charge is 0.330 e. The maximum Gasteiger partial charge on any atom is 0.333 e. The lowest BCUT2D eigenvalue weighted by Gasteiger charge is -2.15. The molecule has 0 bridgehead atoms. The number of benzene rings is 2. The van der Waals surface area contributed by atoms with Gasteiger partial charge in [0.05, 0.1) is 22.3 Å². The topological polar surface area (TPSA) is 101 Å². The molecule has 8 heteroatoms. The molecule has 0 fully saturated rings. The molecule has 2 aliphatic heterocycles. The molecule has 2 aromatic carbocycles. The van der Waals surface area contributed by atoms with Crippen molar-refractivity contribution >= 4 is 29.6 Å². The van der Waals surface area contributed by atoms with E-state index >= 15 is 0 Å². The number of fused-ring (bicyclic) bond motifs is 2. The Morgan fingerprint density at radius 2 is 1.14 bits per heavy atom. The highest BCUT2D eigenvalue weighted by Gasteiger charge is 2.39. The molecule has 4 rings (SSSR count). The number of carbonyl (C=O) groups is 5. The monoisotopic (exact) mass is 378 g/mol. The van der Waals surface area contributed by atoms with E-state index < -0.39 is 29.6 Å². The molecule has 0 saturated carbocycles. The highest BCUT2D eigenvalue weighted by Crippen LogP contribution is 2.24. The van der Waals surface area contributed by atoms with Crippen LogP contribution in [0.25, 0.3) is 0 Å². The van der Waals surface area contributed by atoms with Crippen LogP contribution in [0.2, 0.25) is 0 Å². The summed E-state index contributed by atoms with van der Waals surface area (Å²) in [6, 6.07) is 12.7. The second kappa shape index (κ2) is 6.73. The van der Waals surface area contributed by atoms with Crippen LogP contribution in [0, 0.1) is 0 Å².